The van der Waals surface area contributed by atoms with Crippen molar-refractivity contribution in [3.05, 3.63) is 118 Å². The number of amides is 2. The molecule has 2 amide bonds. The largest absolute Gasteiger partial charge is 0.490 e. The van der Waals surface area contributed by atoms with Crippen LogP contribution in [0.3, 0.4) is 0 Å². The summed E-state index contributed by atoms with van der Waals surface area (Å²) in [4.78, 5) is 25.1. The van der Waals surface area contributed by atoms with E-state index in [0.29, 0.717) is 47.3 Å². The van der Waals surface area contributed by atoms with Gasteiger partial charge >= 0.3 is 0 Å². The molecule has 4 rings (SSSR count). The molecule has 0 aliphatic heterocycles. The Morgan fingerprint density at radius 1 is 0.825 bits per heavy atom. The first-order chi connectivity index (χ1) is 19.5. The van der Waals surface area contributed by atoms with Gasteiger partial charge in [0.25, 0.3) is 11.8 Å². The van der Waals surface area contributed by atoms with Crippen molar-refractivity contribution in [2.75, 3.05) is 18.5 Å². The van der Waals surface area contributed by atoms with Crippen LogP contribution in [0.4, 0.5) is 5.69 Å². The van der Waals surface area contributed by atoms with Gasteiger partial charge in [0, 0.05) is 21.3 Å². The molecule has 4 aromatic rings. The van der Waals surface area contributed by atoms with Gasteiger partial charge in [-0.2, -0.15) is 5.10 Å². The van der Waals surface area contributed by atoms with E-state index >= 15 is 0 Å². The molecule has 0 aliphatic rings. The summed E-state index contributed by atoms with van der Waals surface area (Å²) in [5, 5.41) is 6.86. The zero-order chi connectivity index (χ0) is 28.2. The van der Waals surface area contributed by atoms with Crippen molar-refractivity contribution in [2.45, 2.75) is 13.5 Å². The number of anilines is 1. The normalized spacial score (nSPS) is 10.7. The predicted octanol–water partition coefficient (Wildman–Crippen LogP) is 6.21. The van der Waals surface area contributed by atoms with Crippen LogP contribution in [0.15, 0.2) is 107 Å². The van der Waals surface area contributed by atoms with Crippen LogP contribution in [-0.4, -0.2) is 31.2 Å². The second-order valence-electron chi connectivity index (χ2n) is 8.45. The van der Waals surface area contributed by atoms with Gasteiger partial charge in [-0.05, 0) is 61.0 Å². The molecule has 0 atom stereocenters. The minimum Gasteiger partial charge on any atom is -0.490 e. The molecule has 0 spiro atoms. The van der Waals surface area contributed by atoms with E-state index in [0.717, 1.165) is 10.0 Å². The van der Waals surface area contributed by atoms with Crippen molar-refractivity contribution < 1.29 is 23.8 Å². The van der Waals surface area contributed by atoms with E-state index in [4.69, 9.17) is 14.2 Å². The number of hydrogen-bond donors (Lipinski definition) is 2. The quantitative estimate of drug-likeness (QED) is 0.149. The minimum atomic E-state index is -0.425. The molecule has 0 saturated heterocycles. The molecule has 2 N–H and O–H groups in total. The summed E-state index contributed by atoms with van der Waals surface area (Å²) in [6.45, 7) is 2.46. The number of benzene rings is 4. The molecular weight excluding hydrogens is 574 g/mol. The third-order valence-corrected chi connectivity index (χ3v) is 5.99. The van der Waals surface area contributed by atoms with Gasteiger partial charge in [-0.25, -0.2) is 5.43 Å². The van der Waals surface area contributed by atoms with E-state index in [2.05, 4.69) is 31.8 Å². The van der Waals surface area contributed by atoms with E-state index < -0.39 is 5.91 Å². The molecule has 0 radical (unpaired) electrons. The Morgan fingerprint density at radius 2 is 1.55 bits per heavy atom. The lowest BCUT2D eigenvalue weighted by Gasteiger charge is -2.13. The summed E-state index contributed by atoms with van der Waals surface area (Å²) in [5.41, 5.74) is 5.15. The van der Waals surface area contributed by atoms with Crippen molar-refractivity contribution in [2.24, 2.45) is 5.10 Å². The molecule has 0 saturated carbocycles. The maximum atomic E-state index is 12.8. The SMILES string of the molecule is CCOc1cc(C(=O)N/N=C/c2cc(Br)ccc2OCC(=O)Nc2ccccc2)ccc1OCc1ccccc1. The Balaban J connectivity index is 1.38. The van der Waals surface area contributed by atoms with Crippen LogP contribution in [0.2, 0.25) is 0 Å². The summed E-state index contributed by atoms with van der Waals surface area (Å²) in [5.74, 6) is 0.714. The number of hydrogen-bond acceptors (Lipinski definition) is 6. The zero-order valence-electron chi connectivity index (χ0n) is 21.8. The first-order valence-electron chi connectivity index (χ1n) is 12.6. The van der Waals surface area contributed by atoms with Crippen molar-refractivity contribution in [3.63, 3.8) is 0 Å². The number of rotatable bonds is 12. The lowest BCUT2D eigenvalue weighted by atomic mass is 10.2. The van der Waals surface area contributed by atoms with Gasteiger partial charge in [0.05, 0.1) is 12.8 Å². The molecule has 40 heavy (non-hydrogen) atoms. The lowest BCUT2D eigenvalue weighted by molar-refractivity contribution is -0.118. The molecule has 0 bridgehead atoms. The van der Waals surface area contributed by atoms with Crippen molar-refractivity contribution in [1.82, 2.24) is 5.43 Å². The van der Waals surface area contributed by atoms with Gasteiger partial charge in [0.15, 0.2) is 18.1 Å². The lowest BCUT2D eigenvalue weighted by Crippen LogP contribution is -2.20. The number of ether oxygens (including phenoxy) is 3. The average Bonchev–Trinajstić information content (AvgIpc) is 2.97. The predicted molar refractivity (Wildman–Crippen MR) is 158 cm³/mol. The van der Waals surface area contributed by atoms with Crippen molar-refractivity contribution >= 4 is 39.6 Å². The first-order valence-corrected chi connectivity index (χ1v) is 13.4. The third kappa shape index (κ3) is 8.44. The Bertz CT molecular complexity index is 1460. The van der Waals surface area contributed by atoms with Crippen LogP contribution in [-0.2, 0) is 11.4 Å². The minimum absolute atomic E-state index is 0.192. The number of carbonyl (C=O) groups is 2. The number of nitrogens with one attached hydrogen (secondary N) is 2. The van der Waals surface area contributed by atoms with Crippen LogP contribution in [0.25, 0.3) is 0 Å². The number of hydrazone groups is 1. The average molecular weight is 602 g/mol. The summed E-state index contributed by atoms with van der Waals surface area (Å²) in [7, 11) is 0. The molecule has 9 heteroatoms. The second-order valence-corrected chi connectivity index (χ2v) is 9.37. The number of carbonyl (C=O) groups excluding carboxylic acids is 2. The van der Waals surface area contributed by atoms with Crippen LogP contribution >= 0.6 is 15.9 Å². The summed E-state index contributed by atoms with van der Waals surface area (Å²) >= 11 is 3.43. The summed E-state index contributed by atoms with van der Waals surface area (Å²) < 4.78 is 18.1. The van der Waals surface area contributed by atoms with Crippen molar-refractivity contribution in [1.29, 1.82) is 0 Å². The van der Waals surface area contributed by atoms with Gasteiger partial charge in [-0.15, -0.1) is 0 Å². The molecule has 0 aliphatic carbocycles. The topological polar surface area (TPSA) is 98.3 Å². The monoisotopic (exact) mass is 601 g/mol. The van der Waals surface area contributed by atoms with E-state index in [9.17, 15) is 9.59 Å². The zero-order valence-corrected chi connectivity index (χ0v) is 23.4. The highest BCUT2D eigenvalue weighted by molar-refractivity contribution is 9.10. The fourth-order valence-electron chi connectivity index (χ4n) is 3.61. The van der Waals surface area contributed by atoms with Gasteiger partial charge in [-0.3, -0.25) is 9.59 Å². The molecule has 0 aromatic heterocycles. The Kier molecular flexibility index (Phi) is 10.3. The van der Waals surface area contributed by atoms with Gasteiger partial charge in [0.1, 0.15) is 12.4 Å². The van der Waals surface area contributed by atoms with Crippen molar-refractivity contribution in [3.8, 4) is 17.2 Å². The standard InChI is InChI=1S/C31H28BrN3O5/c1-2-38-29-18-23(13-15-28(29)39-20-22-9-5-3-6-10-22)31(37)35-33-19-24-17-25(32)14-16-27(24)40-21-30(36)34-26-11-7-4-8-12-26/h3-19H,2,20-21H2,1H3,(H,34,36)(H,35,37)/b33-19+. The van der Waals surface area contributed by atoms with E-state index in [1.54, 1.807) is 48.5 Å². The van der Waals surface area contributed by atoms with Gasteiger partial charge in [-0.1, -0.05) is 64.5 Å². The van der Waals surface area contributed by atoms with Gasteiger partial charge in [0.2, 0.25) is 0 Å². The first kappa shape index (κ1) is 28.4. The third-order valence-electron chi connectivity index (χ3n) is 5.50. The highest BCUT2D eigenvalue weighted by Crippen LogP contribution is 2.29. The van der Waals surface area contributed by atoms with E-state index in [-0.39, 0.29) is 12.5 Å². The summed E-state index contributed by atoms with van der Waals surface area (Å²) in [6, 6.07) is 29.1. The number of nitrogens with zero attached hydrogens (tertiary/aromatic N) is 1. The van der Waals surface area contributed by atoms with E-state index in [1.807, 2.05) is 55.5 Å². The van der Waals surface area contributed by atoms with Crippen LogP contribution < -0.4 is 25.0 Å². The second kappa shape index (κ2) is 14.5. The smallest absolute Gasteiger partial charge is 0.271 e. The molecular formula is C31H28BrN3O5. The maximum absolute atomic E-state index is 12.8. The number of para-hydroxylation sites is 1. The maximum Gasteiger partial charge on any atom is 0.271 e. The number of halogens is 1. The van der Waals surface area contributed by atoms with E-state index in [1.165, 1.54) is 6.21 Å². The highest BCUT2D eigenvalue weighted by Gasteiger charge is 2.12. The van der Waals surface area contributed by atoms with Crippen LogP contribution in [0.5, 0.6) is 17.2 Å². The molecule has 204 valence electrons. The van der Waals surface area contributed by atoms with Crippen LogP contribution in [0, 0.1) is 0 Å². The molecule has 0 unspecified atom stereocenters. The molecule has 8 nitrogen and oxygen atoms in total. The molecule has 0 heterocycles. The Morgan fingerprint density at radius 3 is 2.30 bits per heavy atom. The molecule has 0 fully saturated rings. The fraction of sp³-hybridized carbons (Fsp3) is 0.129. The fourth-order valence-corrected chi connectivity index (χ4v) is 3.99. The summed E-state index contributed by atoms with van der Waals surface area (Å²) in [6.07, 6.45) is 1.45. The Labute approximate surface area is 241 Å². The van der Waals surface area contributed by atoms with Crippen LogP contribution in [0.1, 0.15) is 28.4 Å². The van der Waals surface area contributed by atoms with Gasteiger partial charge < -0.3 is 19.5 Å². The Hall–Kier alpha value is -4.63. The highest BCUT2D eigenvalue weighted by atomic mass is 79.9. The molecule has 4 aromatic carbocycles.